The topological polar surface area (TPSA) is 51.8 Å². The third-order valence-electron chi connectivity index (χ3n) is 2.68. The van der Waals surface area contributed by atoms with Crippen molar-refractivity contribution in [3.05, 3.63) is 34.9 Å². The van der Waals surface area contributed by atoms with E-state index in [9.17, 15) is 0 Å². The second-order valence-corrected chi connectivity index (χ2v) is 4.79. The lowest BCUT2D eigenvalue weighted by Gasteiger charge is -2.01. The predicted molar refractivity (Wildman–Crippen MR) is 60.4 cm³/mol. The summed E-state index contributed by atoms with van der Waals surface area (Å²) in [5, 5.41) is 3.11. The van der Waals surface area contributed by atoms with E-state index in [0.29, 0.717) is 0 Å². The molecule has 3 rings (SSSR count). The molecule has 0 spiro atoms. The molecule has 0 aromatic carbocycles. The molecule has 2 N–H and O–H groups in total. The molecule has 1 saturated carbocycles. The number of aromatic nitrogens is 2. The van der Waals surface area contributed by atoms with Crippen LogP contribution in [0.1, 0.15) is 17.8 Å². The van der Waals surface area contributed by atoms with Gasteiger partial charge in [-0.05, 0) is 25.0 Å². The second-order valence-electron chi connectivity index (χ2n) is 3.94. The van der Waals surface area contributed by atoms with Crippen LogP contribution in [-0.2, 0) is 5.54 Å². The molecule has 0 bridgehead atoms. The minimum Gasteiger partial charge on any atom is -0.319 e. The molecule has 0 atom stereocenters. The number of rotatable bonds is 2. The Morgan fingerprint density at radius 1 is 1.40 bits per heavy atom. The van der Waals surface area contributed by atoms with Crippen LogP contribution >= 0.6 is 11.3 Å². The van der Waals surface area contributed by atoms with Crippen molar-refractivity contribution in [2.75, 3.05) is 0 Å². The van der Waals surface area contributed by atoms with Gasteiger partial charge in [-0.15, -0.1) is 11.3 Å². The first-order valence-electron chi connectivity index (χ1n) is 4.93. The summed E-state index contributed by atoms with van der Waals surface area (Å²) in [6, 6.07) is 3.94. The summed E-state index contributed by atoms with van der Waals surface area (Å²) in [7, 11) is 0. The van der Waals surface area contributed by atoms with E-state index in [0.717, 1.165) is 29.1 Å². The predicted octanol–water partition coefficient (Wildman–Crippen LogP) is 2.15. The molecule has 1 fully saturated rings. The lowest BCUT2D eigenvalue weighted by molar-refractivity contribution is 0.732. The molecular formula is C11H11N3S. The van der Waals surface area contributed by atoms with Gasteiger partial charge in [-0.2, -0.15) is 0 Å². The van der Waals surface area contributed by atoms with E-state index in [1.54, 1.807) is 17.5 Å². The minimum absolute atomic E-state index is 0.120. The van der Waals surface area contributed by atoms with Gasteiger partial charge in [0.1, 0.15) is 5.01 Å². The maximum atomic E-state index is 6.09. The van der Waals surface area contributed by atoms with Gasteiger partial charge in [-0.1, -0.05) is 0 Å². The minimum atomic E-state index is -0.120. The molecule has 2 aromatic heterocycles. The smallest absolute Gasteiger partial charge is 0.113 e. The van der Waals surface area contributed by atoms with Crippen LogP contribution in [0.15, 0.2) is 29.9 Å². The second kappa shape index (κ2) is 3.12. The number of nitrogens with two attached hydrogens (primary N) is 1. The molecule has 0 radical (unpaired) electrons. The van der Waals surface area contributed by atoms with Crippen molar-refractivity contribution in [1.82, 2.24) is 9.97 Å². The monoisotopic (exact) mass is 217 g/mol. The standard InChI is InChI=1S/C11H11N3S/c12-11(3-4-11)10-14-9(7-15-10)8-2-1-5-13-6-8/h1-2,5-7H,3-4,12H2. The van der Waals surface area contributed by atoms with E-state index in [4.69, 9.17) is 5.73 Å². The Kier molecular flexibility index (Phi) is 1.87. The Morgan fingerprint density at radius 2 is 2.27 bits per heavy atom. The van der Waals surface area contributed by atoms with Crippen molar-refractivity contribution in [3.8, 4) is 11.3 Å². The van der Waals surface area contributed by atoms with Crippen LogP contribution in [0.2, 0.25) is 0 Å². The first-order valence-corrected chi connectivity index (χ1v) is 5.81. The van der Waals surface area contributed by atoms with E-state index in [1.807, 2.05) is 18.3 Å². The number of nitrogens with zero attached hydrogens (tertiary/aromatic N) is 2. The molecule has 76 valence electrons. The zero-order valence-electron chi connectivity index (χ0n) is 8.18. The number of pyridine rings is 1. The van der Waals surface area contributed by atoms with Crippen LogP contribution in [0, 0.1) is 0 Å². The van der Waals surface area contributed by atoms with Gasteiger partial charge >= 0.3 is 0 Å². The third-order valence-corrected chi connectivity index (χ3v) is 3.74. The molecule has 0 unspecified atom stereocenters. The molecule has 2 heterocycles. The molecule has 1 aliphatic rings. The zero-order chi connectivity index (χ0) is 10.3. The van der Waals surface area contributed by atoms with Gasteiger partial charge in [-0.25, -0.2) is 4.98 Å². The quantitative estimate of drug-likeness (QED) is 0.838. The SMILES string of the molecule is NC1(c2nc(-c3cccnc3)cs2)CC1. The van der Waals surface area contributed by atoms with Crippen molar-refractivity contribution in [1.29, 1.82) is 0 Å². The molecule has 15 heavy (non-hydrogen) atoms. The van der Waals surface area contributed by atoms with Crippen molar-refractivity contribution in [2.24, 2.45) is 5.73 Å². The van der Waals surface area contributed by atoms with Gasteiger partial charge in [0.15, 0.2) is 0 Å². The van der Waals surface area contributed by atoms with Crippen LogP contribution in [-0.4, -0.2) is 9.97 Å². The van der Waals surface area contributed by atoms with Gasteiger partial charge < -0.3 is 5.73 Å². The van der Waals surface area contributed by atoms with E-state index < -0.39 is 0 Å². The van der Waals surface area contributed by atoms with Crippen LogP contribution in [0.25, 0.3) is 11.3 Å². The van der Waals surface area contributed by atoms with E-state index in [2.05, 4.69) is 15.3 Å². The van der Waals surface area contributed by atoms with Gasteiger partial charge in [0, 0.05) is 23.3 Å². The molecule has 3 nitrogen and oxygen atoms in total. The Balaban J connectivity index is 1.97. The molecule has 0 aliphatic heterocycles. The first-order chi connectivity index (χ1) is 7.28. The van der Waals surface area contributed by atoms with Gasteiger partial charge in [0.25, 0.3) is 0 Å². The molecule has 2 aromatic rings. The Bertz CT molecular complexity index is 474. The third kappa shape index (κ3) is 1.56. The van der Waals surface area contributed by atoms with Crippen molar-refractivity contribution in [2.45, 2.75) is 18.4 Å². The average molecular weight is 217 g/mol. The fourth-order valence-corrected chi connectivity index (χ4v) is 2.50. The molecule has 0 saturated heterocycles. The fourth-order valence-electron chi connectivity index (χ4n) is 1.50. The number of hydrogen-bond donors (Lipinski definition) is 1. The summed E-state index contributed by atoms with van der Waals surface area (Å²) >= 11 is 1.65. The molecular weight excluding hydrogens is 206 g/mol. The summed E-state index contributed by atoms with van der Waals surface area (Å²) in [6.07, 6.45) is 5.72. The van der Waals surface area contributed by atoms with E-state index in [1.165, 1.54) is 0 Å². The number of hydrogen-bond acceptors (Lipinski definition) is 4. The van der Waals surface area contributed by atoms with Crippen molar-refractivity contribution < 1.29 is 0 Å². The fraction of sp³-hybridized carbons (Fsp3) is 0.273. The number of thiazole rings is 1. The van der Waals surface area contributed by atoms with Crippen LogP contribution in [0.5, 0.6) is 0 Å². The van der Waals surface area contributed by atoms with Gasteiger partial charge in [0.05, 0.1) is 11.2 Å². The average Bonchev–Trinajstić information content (AvgIpc) is 2.85. The summed E-state index contributed by atoms with van der Waals surface area (Å²) in [4.78, 5) is 8.65. The van der Waals surface area contributed by atoms with Crippen LogP contribution < -0.4 is 5.73 Å². The largest absolute Gasteiger partial charge is 0.319 e. The van der Waals surface area contributed by atoms with Crippen molar-refractivity contribution >= 4 is 11.3 Å². The Hall–Kier alpha value is -1.26. The lowest BCUT2D eigenvalue weighted by Crippen LogP contribution is -2.18. The summed E-state index contributed by atoms with van der Waals surface area (Å²) in [5.74, 6) is 0. The Labute approximate surface area is 92.0 Å². The summed E-state index contributed by atoms with van der Waals surface area (Å²) in [5.41, 5.74) is 8.02. The zero-order valence-corrected chi connectivity index (χ0v) is 9.00. The summed E-state index contributed by atoms with van der Waals surface area (Å²) < 4.78 is 0. The maximum absolute atomic E-state index is 6.09. The van der Waals surface area contributed by atoms with E-state index >= 15 is 0 Å². The maximum Gasteiger partial charge on any atom is 0.113 e. The van der Waals surface area contributed by atoms with Gasteiger partial charge in [0.2, 0.25) is 0 Å². The molecule has 0 amide bonds. The van der Waals surface area contributed by atoms with Crippen LogP contribution in [0.3, 0.4) is 0 Å². The highest BCUT2D eigenvalue weighted by atomic mass is 32.1. The highest BCUT2D eigenvalue weighted by Crippen LogP contribution is 2.44. The van der Waals surface area contributed by atoms with Crippen molar-refractivity contribution in [3.63, 3.8) is 0 Å². The molecule has 4 heteroatoms. The van der Waals surface area contributed by atoms with Crippen LogP contribution in [0.4, 0.5) is 0 Å². The Morgan fingerprint density at radius 3 is 2.93 bits per heavy atom. The lowest BCUT2D eigenvalue weighted by atomic mass is 10.2. The van der Waals surface area contributed by atoms with Gasteiger partial charge in [-0.3, -0.25) is 4.98 Å². The van der Waals surface area contributed by atoms with E-state index in [-0.39, 0.29) is 5.54 Å². The normalized spacial score (nSPS) is 17.7. The highest BCUT2D eigenvalue weighted by molar-refractivity contribution is 7.10. The molecule has 1 aliphatic carbocycles. The first kappa shape index (κ1) is 9.00. The summed E-state index contributed by atoms with van der Waals surface area (Å²) in [6.45, 7) is 0. The highest BCUT2D eigenvalue weighted by Gasteiger charge is 2.42.